The van der Waals surface area contributed by atoms with Crippen LogP contribution in [0, 0.1) is 13.8 Å². The lowest BCUT2D eigenvalue weighted by Gasteiger charge is -2.24. The zero-order valence-electron chi connectivity index (χ0n) is 11.5. The minimum Gasteiger partial charge on any atom is -0.350 e. The van der Waals surface area contributed by atoms with Crippen molar-refractivity contribution in [3.05, 3.63) is 34.9 Å². The standard InChI is InChI=1S/C15H22N2O/c1-11-5-6-13(12(2)9-11)14(18)16-10-15(3)7-4-8-17-15/h5-6,9,17H,4,7-8,10H2,1-3H3,(H,16,18). The van der Waals surface area contributed by atoms with E-state index < -0.39 is 0 Å². The summed E-state index contributed by atoms with van der Waals surface area (Å²) in [4.78, 5) is 12.1. The number of amides is 1. The number of carbonyl (C=O) groups excluding carboxylic acids is 1. The van der Waals surface area contributed by atoms with Gasteiger partial charge in [-0.2, -0.15) is 0 Å². The van der Waals surface area contributed by atoms with Crippen molar-refractivity contribution in [1.82, 2.24) is 10.6 Å². The highest BCUT2D eigenvalue weighted by molar-refractivity contribution is 5.95. The first kappa shape index (κ1) is 13.1. The van der Waals surface area contributed by atoms with E-state index in [0.29, 0.717) is 6.54 Å². The first-order chi connectivity index (χ1) is 8.50. The van der Waals surface area contributed by atoms with Gasteiger partial charge in [-0.1, -0.05) is 17.7 Å². The zero-order valence-corrected chi connectivity index (χ0v) is 11.5. The Labute approximate surface area is 109 Å². The number of benzene rings is 1. The molecule has 1 heterocycles. The molecule has 3 heteroatoms. The molecule has 18 heavy (non-hydrogen) atoms. The van der Waals surface area contributed by atoms with E-state index >= 15 is 0 Å². The molecule has 0 bridgehead atoms. The lowest BCUT2D eigenvalue weighted by Crippen LogP contribution is -2.47. The van der Waals surface area contributed by atoms with Crippen LogP contribution in [-0.4, -0.2) is 24.5 Å². The molecule has 1 unspecified atom stereocenters. The Bertz CT molecular complexity index is 448. The Kier molecular flexibility index (Phi) is 3.71. The highest BCUT2D eigenvalue weighted by atomic mass is 16.1. The van der Waals surface area contributed by atoms with Crippen LogP contribution in [0.1, 0.15) is 41.3 Å². The molecule has 2 rings (SSSR count). The molecule has 1 aliphatic rings. The van der Waals surface area contributed by atoms with E-state index in [-0.39, 0.29) is 11.4 Å². The number of hydrogen-bond donors (Lipinski definition) is 2. The van der Waals surface area contributed by atoms with E-state index in [1.165, 1.54) is 12.0 Å². The molecular formula is C15H22N2O. The fourth-order valence-corrected chi connectivity index (χ4v) is 2.55. The predicted molar refractivity (Wildman–Crippen MR) is 73.9 cm³/mol. The van der Waals surface area contributed by atoms with Crippen molar-refractivity contribution < 1.29 is 4.79 Å². The molecule has 0 radical (unpaired) electrons. The average Bonchev–Trinajstić information content (AvgIpc) is 2.74. The van der Waals surface area contributed by atoms with Crippen molar-refractivity contribution in [3.8, 4) is 0 Å². The van der Waals surface area contributed by atoms with Crippen LogP contribution in [0.25, 0.3) is 0 Å². The molecule has 1 amide bonds. The van der Waals surface area contributed by atoms with Crippen molar-refractivity contribution in [2.75, 3.05) is 13.1 Å². The van der Waals surface area contributed by atoms with Gasteiger partial charge in [0.1, 0.15) is 0 Å². The van der Waals surface area contributed by atoms with Crippen LogP contribution in [0.5, 0.6) is 0 Å². The lowest BCUT2D eigenvalue weighted by atomic mass is 10.00. The number of rotatable bonds is 3. The van der Waals surface area contributed by atoms with Gasteiger partial charge in [0.05, 0.1) is 0 Å². The molecular weight excluding hydrogens is 224 g/mol. The van der Waals surface area contributed by atoms with Crippen LogP contribution in [0.15, 0.2) is 18.2 Å². The summed E-state index contributed by atoms with van der Waals surface area (Å²) < 4.78 is 0. The monoisotopic (exact) mass is 246 g/mol. The second-order valence-corrected chi connectivity index (χ2v) is 5.59. The molecule has 3 nitrogen and oxygen atoms in total. The van der Waals surface area contributed by atoms with Gasteiger partial charge in [-0.15, -0.1) is 0 Å². The average molecular weight is 246 g/mol. The van der Waals surface area contributed by atoms with Crippen molar-refractivity contribution in [1.29, 1.82) is 0 Å². The van der Waals surface area contributed by atoms with Crippen LogP contribution in [0.2, 0.25) is 0 Å². The molecule has 1 saturated heterocycles. The van der Waals surface area contributed by atoms with E-state index in [1.54, 1.807) is 0 Å². The van der Waals surface area contributed by atoms with Gasteiger partial charge in [0.2, 0.25) is 0 Å². The van der Waals surface area contributed by atoms with E-state index in [1.807, 2.05) is 32.0 Å². The molecule has 0 aromatic heterocycles. The first-order valence-electron chi connectivity index (χ1n) is 6.61. The SMILES string of the molecule is Cc1ccc(C(=O)NCC2(C)CCCN2)c(C)c1. The van der Waals surface area contributed by atoms with Crippen LogP contribution >= 0.6 is 0 Å². The molecule has 1 atom stereocenters. The lowest BCUT2D eigenvalue weighted by molar-refractivity contribution is 0.0942. The smallest absolute Gasteiger partial charge is 0.251 e. The second kappa shape index (κ2) is 5.11. The third-order valence-electron chi connectivity index (χ3n) is 3.72. The third-order valence-corrected chi connectivity index (χ3v) is 3.72. The van der Waals surface area contributed by atoms with Gasteiger partial charge >= 0.3 is 0 Å². The molecule has 0 saturated carbocycles. The van der Waals surface area contributed by atoms with Gasteiger partial charge in [0.25, 0.3) is 5.91 Å². The summed E-state index contributed by atoms with van der Waals surface area (Å²) in [6.07, 6.45) is 2.32. The molecule has 1 aromatic rings. The summed E-state index contributed by atoms with van der Waals surface area (Å²) in [5.41, 5.74) is 3.07. The summed E-state index contributed by atoms with van der Waals surface area (Å²) in [5.74, 6) is 0.0300. The van der Waals surface area contributed by atoms with Crippen LogP contribution in [0.4, 0.5) is 0 Å². The maximum absolute atomic E-state index is 12.1. The number of hydrogen-bond acceptors (Lipinski definition) is 2. The molecule has 98 valence electrons. The summed E-state index contributed by atoms with van der Waals surface area (Å²) in [6.45, 7) is 7.94. The third kappa shape index (κ3) is 2.91. The molecule has 0 spiro atoms. The van der Waals surface area contributed by atoms with Gasteiger partial charge in [0, 0.05) is 17.6 Å². The van der Waals surface area contributed by atoms with Gasteiger partial charge in [-0.3, -0.25) is 4.79 Å². The molecule has 1 aliphatic heterocycles. The van der Waals surface area contributed by atoms with Crippen molar-refractivity contribution >= 4 is 5.91 Å². The Morgan fingerprint density at radius 3 is 2.83 bits per heavy atom. The second-order valence-electron chi connectivity index (χ2n) is 5.59. The quantitative estimate of drug-likeness (QED) is 0.858. The summed E-state index contributed by atoms with van der Waals surface area (Å²) in [6, 6.07) is 5.94. The minimum absolute atomic E-state index is 0.0300. The summed E-state index contributed by atoms with van der Waals surface area (Å²) in [7, 11) is 0. The molecule has 0 aliphatic carbocycles. The topological polar surface area (TPSA) is 41.1 Å². The fourth-order valence-electron chi connectivity index (χ4n) is 2.55. The van der Waals surface area contributed by atoms with E-state index in [9.17, 15) is 4.79 Å². The van der Waals surface area contributed by atoms with Gasteiger partial charge < -0.3 is 10.6 Å². The van der Waals surface area contributed by atoms with Crippen molar-refractivity contribution in [2.24, 2.45) is 0 Å². The van der Waals surface area contributed by atoms with Crippen LogP contribution < -0.4 is 10.6 Å². The Morgan fingerprint density at radius 1 is 1.44 bits per heavy atom. The summed E-state index contributed by atoms with van der Waals surface area (Å²) >= 11 is 0. The van der Waals surface area contributed by atoms with Crippen molar-refractivity contribution in [3.63, 3.8) is 0 Å². The van der Waals surface area contributed by atoms with Crippen molar-refractivity contribution in [2.45, 2.75) is 39.2 Å². The van der Waals surface area contributed by atoms with E-state index in [2.05, 4.69) is 17.6 Å². The fraction of sp³-hybridized carbons (Fsp3) is 0.533. The summed E-state index contributed by atoms with van der Waals surface area (Å²) in [5, 5.41) is 6.49. The predicted octanol–water partition coefficient (Wildman–Crippen LogP) is 2.18. The highest BCUT2D eigenvalue weighted by Gasteiger charge is 2.28. The Balaban J connectivity index is 1.99. The molecule has 1 fully saturated rings. The van der Waals surface area contributed by atoms with Gasteiger partial charge in [-0.25, -0.2) is 0 Å². The first-order valence-corrected chi connectivity index (χ1v) is 6.61. The highest BCUT2D eigenvalue weighted by Crippen LogP contribution is 2.17. The maximum Gasteiger partial charge on any atom is 0.251 e. The largest absolute Gasteiger partial charge is 0.350 e. The number of aryl methyl sites for hydroxylation is 2. The van der Waals surface area contributed by atoms with Gasteiger partial charge in [0.15, 0.2) is 0 Å². The van der Waals surface area contributed by atoms with E-state index in [0.717, 1.165) is 24.1 Å². The van der Waals surface area contributed by atoms with Gasteiger partial charge in [-0.05, 0) is 51.8 Å². The molecule has 2 N–H and O–H groups in total. The Morgan fingerprint density at radius 2 is 2.22 bits per heavy atom. The molecule has 1 aromatic carbocycles. The zero-order chi connectivity index (χ0) is 13.2. The van der Waals surface area contributed by atoms with Crippen LogP contribution in [0.3, 0.4) is 0 Å². The number of nitrogens with one attached hydrogen (secondary N) is 2. The maximum atomic E-state index is 12.1. The van der Waals surface area contributed by atoms with Crippen LogP contribution in [-0.2, 0) is 0 Å². The minimum atomic E-state index is 0.0300. The number of carbonyl (C=O) groups is 1. The van der Waals surface area contributed by atoms with E-state index in [4.69, 9.17) is 0 Å². The Hall–Kier alpha value is -1.35. The normalized spacial score (nSPS) is 23.1.